The van der Waals surface area contributed by atoms with Gasteiger partial charge in [-0.3, -0.25) is 0 Å². The van der Waals surface area contributed by atoms with Crippen LogP contribution in [0.4, 0.5) is 0 Å². The van der Waals surface area contributed by atoms with Crippen LogP contribution in [0.1, 0.15) is 6.42 Å². The fourth-order valence-electron chi connectivity index (χ4n) is 1.61. The van der Waals surface area contributed by atoms with Gasteiger partial charge in [0.15, 0.2) is 0 Å². The monoisotopic (exact) mass is 158 g/mol. The molecule has 0 aromatic rings. The summed E-state index contributed by atoms with van der Waals surface area (Å²) in [5.74, 6) is 0. The van der Waals surface area contributed by atoms with Gasteiger partial charge in [-0.1, -0.05) is 0 Å². The van der Waals surface area contributed by atoms with E-state index >= 15 is 0 Å². The highest BCUT2D eigenvalue weighted by atomic mass is 16.5. The van der Waals surface area contributed by atoms with Crippen molar-refractivity contribution in [3.8, 4) is 0 Å². The summed E-state index contributed by atoms with van der Waals surface area (Å²) >= 11 is 0. The number of nitrogens with zero attached hydrogens (tertiary/aromatic N) is 1. The molecule has 0 unspecified atom stereocenters. The van der Waals surface area contributed by atoms with Crippen LogP contribution in [-0.2, 0) is 4.74 Å². The maximum Gasteiger partial charge on any atom is 0.0750 e. The fourth-order valence-corrected chi connectivity index (χ4v) is 1.61. The van der Waals surface area contributed by atoms with Gasteiger partial charge in [0, 0.05) is 19.7 Å². The molecule has 0 radical (unpaired) electrons. The molecule has 0 spiro atoms. The summed E-state index contributed by atoms with van der Waals surface area (Å²) in [6.07, 6.45) is 1.53. The van der Waals surface area contributed by atoms with Gasteiger partial charge in [-0.25, -0.2) is 0 Å². The van der Waals surface area contributed by atoms with Crippen LogP contribution in [0.2, 0.25) is 0 Å². The zero-order valence-electron chi connectivity index (χ0n) is 7.63. The molecule has 0 bridgehead atoms. The molecule has 1 heterocycles. The summed E-state index contributed by atoms with van der Waals surface area (Å²) in [7, 11) is 6.00. The lowest BCUT2D eigenvalue weighted by Gasteiger charge is -2.35. The summed E-state index contributed by atoms with van der Waals surface area (Å²) in [6, 6.07) is 0.536. The molecule has 0 amide bonds. The van der Waals surface area contributed by atoms with Gasteiger partial charge >= 0.3 is 0 Å². The zero-order chi connectivity index (χ0) is 8.27. The minimum atomic E-state index is 0.409. The highest BCUT2D eigenvalue weighted by Crippen LogP contribution is 2.10. The second-order valence-corrected chi connectivity index (χ2v) is 3.30. The van der Waals surface area contributed by atoms with Crippen molar-refractivity contribution < 1.29 is 4.74 Å². The van der Waals surface area contributed by atoms with Gasteiger partial charge in [-0.2, -0.15) is 0 Å². The predicted molar refractivity (Wildman–Crippen MR) is 45.8 cm³/mol. The smallest absolute Gasteiger partial charge is 0.0750 e. The van der Waals surface area contributed by atoms with E-state index < -0.39 is 0 Å². The van der Waals surface area contributed by atoms with Crippen molar-refractivity contribution in [2.24, 2.45) is 0 Å². The van der Waals surface area contributed by atoms with E-state index in [1.165, 1.54) is 0 Å². The number of hydrogen-bond donors (Lipinski definition) is 1. The number of rotatable bonds is 2. The molecule has 0 saturated carbocycles. The summed E-state index contributed by atoms with van der Waals surface area (Å²) in [5, 5.41) is 3.36. The van der Waals surface area contributed by atoms with Crippen LogP contribution in [0, 0.1) is 0 Å². The lowest BCUT2D eigenvalue weighted by molar-refractivity contribution is 0.0135. The lowest BCUT2D eigenvalue weighted by Crippen LogP contribution is -2.52. The highest BCUT2D eigenvalue weighted by molar-refractivity contribution is 4.83. The first-order valence-electron chi connectivity index (χ1n) is 4.15. The minimum Gasteiger partial charge on any atom is -0.380 e. The first kappa shape index (κ1) is 8.97. The number of piperidine rings is 1. The molecule has 1 rings (SSSR count). The van der Waals surface area contributed by atoms with Gasteiger partial charge in [0.1, 0.15) is 0 Å². The van der Waals surface area contributed by atoms with Crippen molar-refractivity contribution in [3.63, 3.8) is 0 Å². The molecule has 0 aromatic carbocycles. The summed E-state index contributed by atoms with van der Waals surface area (Å²) < 4.78 is 5.38. The van der Waals surface area contributed by atoms with E-state index in [-0.39, 0.29) is 0 Å². The predicted octanol–water partition coefficient (Wildman–Crippen LogP) is -0.0751. The number of hydrogen-bond acceptors (Lipinski definition) is 3. The molecule has 0 aliphatic carbocycles. The van der Waals surface area contributed by atoms with Gasteiger partial charge in [-0.05, 0) is 27.1 Å². The third-order valence-corrected chi connectivity index (χ3v) is 2.35. The van der Waals surface area contributed by atoms with Crippen molar-refractivity contribution in [2.45, 2.75) is 18.6 Å². The third kappa shape index (κ3) is 2.15. The molecule has 11 heavy (non-hydrogen) atoms. The Hall–Kier alpha value is -0.120. The van der Waals surface area contributed by atoms with Gasteiger partial charge < -0.3 is 15.0 Å². The Balaban J connectivity index is 2.44. The van der Waals surface area contributed by atoms with Gasteiger partial charge in [0.25, 0.3) is 0 Å². The second-order valence-electron chi connectivity index (χ2n) is 3.30. The van der Waals surface area contributed by atoms with E-state index in [1.807, 2.05) is 0 Å². The van der Waals surface area contributed by atoms with Crippen LogP contribution in [0.3, 0.4) is 0 Å². The van der Waals surface area contributed by atoms with Crippen molar-refractivity contribution in [2.75, 3.05) is 34.3 Å². The van der Waals surface area contributed by atoms with Gasteiger partial charge in [-0.15, -0.1) is 0 Å². The standard InChI is InChI=1S/C8H18N2O/c1-10(2)7-6-9-5-4-8(7)11-3/h7-9H,4-6H2,1-3H3/t7-,8+/m0/s1. The maximum absolute atomic E-state index is 5.38. The van der Waals surface area contributed by atoms with E-state index in [0.29, 0.717) is 12.1 Å². The maximum atomic E-state index is 5.38. The van der Waals surface area contributed by atoms with E-state index in [1.54, 1.807) is 7.11 Å². The topological polar surface area (TPSA) is 24.5 Å². The van der Waals surface area contributed by atoms with Crippen LogP contribution in [0.5, 0.6) is 0 Å². The molecule has 1 aliphatic heterocycles. The largest absolute Gasteiger partial charge is 0.380 e. The molecular weight excluding hydrogens is 140 g/mol. The van der Waals surface area contributed by atoms with Gasteiger partial charge in [0.2, 0.25) is 0 Å². The van der Waals surface area contributed by atoms with Crippen molar-refractivity contribution in [3.05, 3.63) is 0 Å². The Labute approximate surface area is 68.7 Å². The Morgan fingerprint density at radius 2 is 2.18 bits per heavy atom. The van der Waals surface area contributed by atoms with Crippen LogP contribution in [0.15, 0.2) is 0 Å². The molecule has 1 saturated heterocycles. The van der Waals surface area contributed by atoms with Crippen molar-refractivity contribution in [1.29, 1.82) is 0 Å². The number of ether oxygens (including phenoxy) is 1. The first-order chi connectivity index (χ1) is 5.25. The Bertz CT molecular complexity index is 117. The van der Waals surface area contributed by atoms with Crippen LogP contribution < -0.4 is 5.32 Å². The Morgan fingerprint density at radius 1 is 1.45 bits per heavy atom. The molecule has 3 heteroatoms. The number of methoxy groups -OCH3 is 1. The zero-order valence-corrected chi connectivity index (χ0v) is 7.63. The summed E-state index contributed by atoms with van der Waals surface area (Å²) in [4.78, 5) is 2.22. The van der Waals surface area contributed by atoms with Crippen LogP contribution in [-0.4, -0.2) is 51.3 Å². The van der Waals surface area contributed by atoms with E-state index in [4.69, 9.17) is 4.74 Å². The molecule has 2 atom stereocenters. The summed E-state index contributed by atoms with van der Waals surface area (Å²) in [6.45, 7) is 2.13. The van der Waals surface area contributed by atoms with E-state index in [0.717, 1.165) is 19.5 Å². The highest BCUT2D eigenvalue weighted by Gasteiger charge is 2.25. The quantitative estimate of drug-likeness (QED) is 0.608. The Morgan fingerprint density at radius 3 is 2.64 bits per heavy atom. The van der Waals surface area contributed by atoms with Crippen LogP contribution in [0.25, 0.3) is 0 Å². The van der Waals surface area contributed by atoms with Crippen molar-refractivity contribution >= 4 is 0 Å². The molecule has 1 fully saturated rings. The Kier molecular flexibility index (Phi) is 3.30. The molecule has 3 nitrogen and oxygen atoms in total. The molecule has 0 aromatic heterocycles. The first-order valence-corrected chi connectivity index (χ1v) is 4.15. The molecule has 1 N–H and O–H groups in total. The second kappa shape index (κ2) is 4.04. The van der Waals surface area contributed by atoms with Crippen molar-refractivity contribution in [1.82, 2.24) is 10.2 Å². The van der Waals surface area contributed by atoms with E-state index in [2.05, 4.69) is 24.3 Å². The van der Waals surface area contributed by atoms with Crippen LogP contribution >= 0.6 is 0 Å². The number of nitrogens with one attached hydrogen (secondary N) is 1. The normalized spacial score (nSPS) is 32.7. The average Bonchev–Trinajstić information content (AvgIpc) is 2.04. The van der Waals surface area contributed by atoms with Gasteiger partial charge in [0.05, 0.1) is 6.10 Å². The molecular formula is C8H18N2O. The molecule has 1 aliphatic rings. The SMILES string of the molecule is CO[C@@H]1CCNC[C@@H]1N(C)C. The minimum absolute atomic E-state index is 0.409. The fraction of sp³-hybridized carbons (Fsp3) is 1.00. The summed E-state index contributed by atoms with van der Waals surface area (Å²) in [5.41, 5.74) is 0. The molecule has 66 valence electrons. The third-order valence-electron chi connectivity index (χ3n) is 2.35. The average molecular weight is 158 g/mol. The van der Waals surface area contributed by atoms with E-state index in [9.17, 15) is 0 Å². The number of likely N-dealkylation sites (N-methyl/N-ethyl adjacent to an activating group) is 1. The lowest BCUT2D eigenvalue weighted by atomic mass is 10.0.